The molecular formula is C25H36N2OS. The number of benzene rings is 2. The second-order valence-electron chi connectivity index (χ2n) is 7.15. The van der Waals surface area contributed by atoms with Crippen LogP contribution in [0.25, 0.3) is 0 Å². The fourth-order valence-electron chi connectivity index (χ4n) is 2.42. The van der Waals surface area contributed by atoms with Crippen LogP contribution in [-0.4, -0.2) is 25.9 Å². The van der Waals surface area contributed by atoms with Crippen molar-refractivity contribution in [1.82, 2.24) is 5.32 Å². The zero-order valence-corrected chi connectivity index (χ0v) is 19.7. The molecule has 0 aliphatic rings. The standard InChI is InChI=1S/C19H23NOS.C6H13N/c1-14-5-8-17(9-6-14)11-12-20-16(3)22-19-13-18(21-4)10-7-15(19)2;1-4-5-7-6(2)3/h5-10,13,20H,3,11-12H2,1-2,4H3;4-5H2,1-3H3. The summed E-state index contributed by atoms with van der Waals surface area (Å²) in [6, 6.07) is 14.8. The van der Waals surface area contributed by atoms with E-state index in [0.29, 0.717) is 0 Å². The first-order chi connectivity index (χ1) is 13.8. The Morgan fingerprint density at radius 1 is 1.10 bits per heavy atom. The molecule has 0 unspecified atom stereocenters. The van der Waals surface area contributed by atoms with Gasteiger partial charge >= 0.3 is 0 Å². The van der Waals surface area contributed by atoms with Gasteiger partial charge in [-0.05, 0) is 63.8 Å². The van der Waals surface area contributed by atoms with Crippen LogP contribution in [-0.2, 0) is 6.42 Å². The average Bonchev–Trinajstić information content (AvgIpc) is 2.70. The van der Waals surface area contributed by atoms with Crippen molar-refractivity contribution >= 4 is 17.5 Å². The average molecular weight is 413 g/mol. The van der Waals surface area contributed by atoms with Gasteiger partial charge in [0.1, 0.15) is 5.75 Å². The van der Waals surface area contributed by atoms with Crippen LogP contribution in [0.1, 0.15) is 43.9 Å². The minimum absolute atomic E-state index is 0.876. The predicted molar refractivity (Wildman–Crippen MR) is 130 cm³/mol. The summed E-state index contributed by atoms with van der Waals surface area (Å²) in [5.74, 6) is 0.876. The molecule has 29 heavy (non-hydrogen) atoms. The molecule has 0 bridgehead atoms. The van der Waals surface area contributed by atoms with Crippen molar-refractivity contribution in [2.75, 3.05) is 20.2 Å². The fraction of sp³-hybridized carbons (Fsp3) is 0.400. The van der Waals surface area contributed by atoms with Gasteiger partial charge in [0.15, 0.2) is 0 Å². The topological polar surface area (TPSA) is 33.6 Å². The van der Waals surface area contributed by atoms with Gasteiger partial charge in [-0.2, -0.15) is 0 Å². The monoisotopic (exact) mass is 412 g/mol. The van der Waals surface area contributed by atoms with E-state index in [2.05, 4.69) is 68.0 Å². The maximum Gasteiger partial charge on any atom is 0.120 e. The van der Waals surface area contributed by atoms with Gasteiger partial charge in [-0.25, -0.2) is 0 Å². The lowest BCUT2D eigenvalue weighted by atomic mass is 10.1. The number of aliphatic imine (C=N–C) groups is 1. The smallest absolute Gasteiger partial charge is 0.120 e. The molecule has 0 radical (unpaired) electrons. The molecule has 0 fully saturated rings. The van der Waals surface area contributed by atoms with Crippen molar-refractivity contribution in [3.63, 3.8) is 0 Å². The summed E-state index contributed by atoms with van der Waals surface area (Å²) in [5.41, 5.74) is 5.05. The number of aryl methyl sites for hydroxylation is 2. The van der Waals surface area contributed by atoms with E-state index in [1.165, 1.54) is 27.3 Å². The third kappa shape index (κ3) is 10.8. The highest BCUT2D eigenvalue weighted by atomic mass is 32.2. The molecule has 0 amide bonds. The van der Waals surface area contributed by atoms with Crippen molar-refractivity contribution in [3.05, 3.63) is 70.8 Å². The van der Waals surface area contributed by atoms with Crippen LogP contribution < -0.4 is 10.1 Å². The molecule has 2 aromatic rings. The Hall–Kier alpha value is -2.20. The lowest BCUT2D eigenvalue weighted by molar-refractivity contribution is 0.413. The molecule has 158 valence electrons. The Morgan fingerprint density at radius 3 is 2.34 bits per heavy atom. The number of hydrogen-bond acceptors (Lipinski definition) is 4. The quantitative estimate of drug-likeness (QED) is 0.373. The number of hydrogen-bond donors (Lipinski definition) is 1. The second-order valence-corrected chi connectivity index (χ2v) is 8.28. The molecule has 3 nitrogen and oxygen atoms in total. The zero-order chi connectivity index (χ0) is 21.6. The van der Waals surface area contributed by atoms with Crippen LogP contribution in [0.5, 0.6) is 5.75 Å². The summed E-state index contributed by atoms with van der Waals surface area (Å²) in [6.45, 7) is 16.4. The number of nitrogens with one attached hydrogen (secondary N) is 1. The van der Waals surface area contributed by atoms with E-state index in [9.17, 15) is 0 Å². The van der Waals surface area contributed by atoms with E-state index >= 15 is 0 Å². The minimum Gasteiger partial charge on any atom is -0.497 e. The Morgan fingerprint density at radius 2 is 1.79 bits per heavy atom. The van der Waals surface area contributed by atoms with Crippen LogP contribution in [0.4, 0.5) is 0 Å². The Bertz CT molecular complexity index is 778. The first-order valence-electron chi connectivity index (χ1n) is 10.1. The van der Waals surface area contributed by atoms with Gasteiger partial charge in [-0.1, -0.05) is 61.2 Å². The van der Waals surface area contributed by atoms with Gasteiger partial charge in [-0.15, -0.1) is 0 Å². The van der Waals surface area contributed by atoms with Crippen molar-refractivity contribution in [2.24, 2.45) is 4.99 Å². The fourth-order valence-corrected chi connectivity index (χ4v) is 3.27. The van der Waals surface area contributed by atoms with E-state index in [0.717, 1.165) is 36.7 Å². The molecule has 0 saturated carbocycles. The highest BCUT2D eigenvalue weighted by Crippen LogP contribution is 2.30. The number of ether oxygens (including phenoxy) is 1. The first kappa shape index (κ1) is 24.8. The number of nitrogens with zero attached hydrogens (tertiary/aromatic N) is 1. The third-order valence-electron chi connectivity index (χ3n) is 4.14. The van der Waals surface area contributed by atoms with Crippen LogP contribution >= 0.6 is 11.8 Å². The summed E-state index contributed by atoms with van der Waals surface area (Å²) in [4.78, 5) is 5.33. The van der Waals surface area contributed by atoms with Crippen LogP contribution in [0.3, 0.4) is 0 Å². The maximum atomic E-state index is 5.28. The molecule has 4 heteroatoms. The summed E-state index contributed by atoms with van der Waals surface area (Å²) >= 11 is 1.65. The van der Waals surface area contributed by atoms with Gasteiger partial charge < -0.3 is 10.1 Å². The summed E-state index contributed by atoms with van der Waals surface area (Å²) < 4.78 is 5.28. The summed E-state index contributed by atoms with van der Waals surface area (Å²) in [6.07, 6.45) is 2.15. The highest BCUT2D eigenvalue weighted by Gasteiger charge is 2.04. The molecule has 0 aliphatic heterocycles. The van der Waals surface area contributed by atoms with Gasteiger partial charge in [0.05, 0.1) is 12.1 Å². The van der Waals surface area contributed by atoms with E-state index in [1.807, 2.05) is 26.0 Å². The Labute approximate surface area is 181 Å². The van der Waals surface area contributed by atoms with Crippen LogP contribution in [0.2, 0.25) is 0 Å². The maximum absolute atomic E-state index is 5.28. The predicted octanol–water partition coefficient (Wildman–Crippen LogP) is 6.58. The lowest BCUT2D eigenvalue weighted by Gasteiger charge is -2.12. The zero-order valence-electron chi connectivity index (χ0n) is 18.8. The second kappa shape index (κ2) is 13.9. The number of rotatable bonds is 9. The van der Waals surface area contributed by atoms with E-state index in [1.54, 1.807) is 18.9 Å². The highest BCUT2D eigenvalue weighted by molar-refractivity contribution is 8.03. The van der Waals surface area contributed by atoms with Gasteiger partial charge in [0.2, 0.25) is 0 Å². The van der Waals surface area contributed by atoms with Crippen LogP contribution in [0, 0.1) is 13.8 Å². The molecule has 0 spiro atoms. The van der Waals surface area contributed by atoms with Crippen molar-refractivity contribution < 1.29 is 4.74 Å². The van der Waals surface area contributed by atoms with E-state index in [-0.39, 0.29) is 0 Å². The Kier molecular flexibility index (Phi) is 11.9. The van der Waals surface area contributed by atoms with Gasteiger partial charge in [-0.3, -0.25) is 4.99 Å². The molecule has 2 rings (SSSR count). The normalized spacial score (nSPS) is 9.86. The molecule has 0 heterocycles. The number of methoxy groups -OCH3 is 1. The van der Waals surface area contributed by atoms with Crippen molar-refractivity contribution in [1.29, 1.82) is 0 Å². The SMILES string of the molecule is C=C(NCCc1ccc(C)cc1)Sc1cc(OC)ccc1C.CCCN=C(C)C. The molecule has 0 atom stereocenters. The molecule has 0 aliphatic carbocycles. The van der Waals surface area contributed by atoms with Crippen molar-refractivity contribution in [2.45, 2.75) is 52.4 Å². The summed E-state index contributed by atoms with van der Waals surface area (Å²) in [7, 11) is 1.69. The van der Waals surface area contributed by atoms with Crippen molar-refractivity contribution in [3.8, 4) is 5.75 Å². The van der Waals surface area contributed by atoms with E-state index in [4.69, 9.17) is 4.74 Å². The molecule has 2 aromatic carbocycles. The first-order valence-corrected chi connectivity index (χ1v) is 11.0. The largest absolute Gasteiger partial charge is 0.497 e. The molecule has 0 saturated heterocycles. The lowest BCUT2D eigenvalue weighted by Crippen LogP contribution is -2.14. The van der Waals surface area contributed by atoms with Gasteiger partial charge in [0.25, 0.3) is 0 Å². The van der Waals surface area contributed by atoms with Gasteiger partial charge in [0, 0.05) is 23.7 Å². The molecule has 1 N–H and O–H groups in total. The molecule has 0 aromatic heterocycles. The Balaban J connectivity index is 0.000000516. The number of thioether (sulfide) groups is 1. The minimum atomic E-state index is 0.876. The summed E-state index contributed by atoms with van der Waals surface area (Å²) in [5, 5.41) is 4.35. The molecular weight excluding hydrogens is 376 g/mol. The van der Waals surface area contributed by atoms with E-state index < -0.39 is 0 Å². The van der Waals surface area contributed by atoms with Crippen LogP contribution in [0.15, 0.2) is 64.0 Å². The third-order valence-corrected chi connectivity index (χ3v) is 5.19.